The number of cyclic esters (lactones) is 1. The van der Waals surface area contributed by atoms with Crippen molar-refractivity contribution in [3.8, 4) is 11.3 Å². The molecule has 2 aromatic rings. The molecule has 2 heterocycles. The Kier molecular flexibility index (Phi) is 3.86. The Hall–Kier alpha value is -2.32. The van der Waals surface area contributed by atoms with Crippen LogP contribution in [-0.2, 0) is 14.3 Å². The van der Waals surface area contributed by atoms with Crippen molar-refractivity contribution in [2.24, 2.45) is 0 Å². The minimum atomic E-state index is -1.48. The van der Waals surface area contributed by atoms with Crippen molar-refractivity contribution in [1.29, 1.82) is 0 Å². The molecule has 1 aliphatic rings. The van der Waals surface area contributed by atoms with Crippen LogP contribution in [0.3, 0.4) is 0 Å². The van der Waals surface area contributed by atoms with Gasteiger partial charge in [-0.1, -0.05) is 42.1 Å². The normalized spacial score (nSPS) is 17.6. The number of carboxylic acid groups (broad SMARTS) is 1. The van der Waals surface area contributed by atoms with Crippen LogP contribution in [0.1, 0.15) is 0 Å². The van der Waals surface area contributed by atoms with E-state index in [-0.39, 0.29) is 4.91 Å². The first-order valence-electron chi connectivity index (χ1n) is 6.12. The SMILES string of the molecule is O=C1OC(C(=O)O)C(Sc2nc(-c3ccccc3)cs2)=C1O. The number of thiazole rings is 1. The zero-order valence-corrected chi connectivity index (χ0v) is 12.6. The van der Waals surface area contributed by atoms with Gasteiger partial charge in [0.1, 0.15) is 0 Å². The van der Waals surface area contributed by atoms with Crippen molar-refractivity contribution in [2.45, 2.75) is 10.4 Å². The molecule has 2 N–H and O–H groups in total. The quantitative estimate of drug-likeness (QED) is 0.829. The second-order valence-corrected chi connectivity index (χ2v) is 6.45. The van der Waals surface area contributed by atoms with E-state index in [1.807, 2.05) is 35.7 Å². The molecule has 112 valence electrons. The van der Waals surface area contributed by atoms with Gasteiger partial charge in [0.25, 0.3) is 0 Å². The number of hydrogen-bond acceptors (Lipinski definition) is 7. The highest BCUT2D eigenvalue weighted by molar-refractivity contribution is 8.04. The summed E-state index contributed by atoms with van der Waals surface area (Å²) in [5, 5.41) is 20.5. The monoisotopic (exact) mass is 335 g/mol. The number of aliphatic hydroxyl groups excluding tert-OH is 1. The van der Waals surface area contributed by atoms with Gasteiger partial charge in [0.2, 0.25) is 11.9 Å². The van der Waals surface area contributed by atoms with Gasteiger partial charge in [-0.25, -0.2) is 14.6 Å². The van der Waals surface area contributed by atoms with Crippen LogP contribution in [-0.4, -0.2) is 33.2 Å². The van der Waals surface area contributed by atoms with Gasteiger partial charge in [-0.2, -0.15) is 0 Å². The van der Waals surface area contributed by atoms with Crippen molar-refractivity contribution in [3.05, 3.63) is 46.4 Å². The van der Waals surface area contributed by atoms with Crippen LogP contribution >= 0.6 is 23.1 Å². The van der Waals surface area contributed by atoms with E-state index < -0.39 is 23.8 Å². The molecule has 1 unspecified atom stereocenters. The number of aromatic nitrogens is 1. The van der Waals surface area contributed by atoms with Crippen LogP contribution in [0.4, 0.5) is 0 Å². The lowest BCUT2D eigenvalue weighted by atomic mass is 10.2. The summed E-state index contributed by atoms with van der Waals surface area (Å²) in [5.74, 6) is -3.04. The first-order valence-corrected chi connectivity index (χ1v) is 7.81. The molecule has 0 radical (unpaired) electrons. The van der Waals surface area contributed by atoms with Crippen molar-refractivity contribution in [2.75, 3.05) is 0 Å². The molecule has 22 heavy (non-hydrogen) atoms. The van der Waals surface area contributed by atoms with Crippen LogP contribution < -0.4 is 0 Å². The number of carbonyl (C=O) groups is 2. The number of aliphatic hydroxyl groups is 1. The molecule has 0 saturated carbocycles. The number of nitrogens with zero attached hydrogens (tertiary/aromatic N) is 1. The van der Waals surface area contributed by atoms with Crippen LogP contribution in [0.25, 0.3) is 11.3 Å². The minimum Gasteiger partial charge on any atom is -0.501 e. The predicted molar refractivity (Wildman–Crippen MR) is 80.6 cm³/mol. The number of rotatable bonds is 4. The predicted octanol–water partition coefficient (Wildman–Crippen LogP) is 2.68. The average Bonchev–Trinajstić information content (AvgIpc) is 3.09. The number of ether oxygens (including phenoxy) is 1. The largest absolute Gasteiger partial charge is 0.501 e. The molecule has 0 fully saturated rings. The van der Waals surface area contributed by atoms with E-state index in [0.29, 0.717) is 4.34 Å². The van der Waals surface area contributed by atoms with E-state index in [0.717, 1.165) is 23.0 Å². The molecular formula is C14H9NO5S2. The number of aliphatic carboxylic acids is 1. The Bertz CT molecular complexity index is 769. The Balaban J connectivity index is 1.86. The Morgan fingerprint density at radius 3 is 2.73 bits per heavy atom. The molecule has 1 atom stereocenters. The van der Waals surface area contributed by atoms with Crippen molar-refractivity contribution in [1.82, 2.24) is 4.98 Å². The van der Waals surface area contributed by atoms with E-state index in [1.165, 1.54) is 11.3 Å². The number of thioether (sulfide) groups is 1. The standard InChI is InChI=1S/C14H9NO5S2/c16-9-11(10(12(17)18)20-13(9)19)22-14-15-8(6-21-14)7-4-2-1-3-5-7/h1-6,10,16H,(H,17,18). The fourth-order valence-electron chi connectivity index (χ4n) is 1.85. The molecule has 0 spiro atoms. The van der Waals surface area contributed by atoms with E-state index in [1.54, 1.807) is 0 Å². The Morgan fingerprint density at radius 2 is 2.05 bits per heavy atom. The highest BCUT2D eigenvalue weighted by Gasteiger charge is 2.40. The van der Waals surface area contributed by atoms with E-state index >= 15 is 0 Å². The summed E-state index contributed by atoms with van der Waals surface area (Å²) < 4.78 is 5.12. The average molecular weight is 335 g/mol. The number of benzene rings is 1. The third-order valence-corrected chi connectivity index (χ3v) is 4.93. The van der Waals surface area contributed by atoms with Crippen molar-refractivity contribution >= 4 is 35.0 Å². The van der Waals surface area contributed by atoms with E-state index in [2.05, 4.69) is 9.72 Å². The van der Waals surface area contributed by atoms with Gasteiger partial charge in [-0.15, -0.1) is 11.3 Å². The second-order valence-electron chi connectivity index (χ2n) is 4.30. The molecule has 1 aromatic carbocycles. The number of carbonyl (C=O) groups excluding carboxylic acids is 1. The summed E-state index contributed by atoms with van der Waals surface area (Å²) in [6.07, 6.45) is -1.48. The highest BCUT2D eigenvalue weighted by Crippen LogP contribution is 2.39. The van der Waals surface area contributed by atoms with Gasteiger partial charge in [0.05, 0.1) is 10.6 Å². The van der Waals surface area contributed by atoms with Crippen LogP contribution in [0, 0.1) is 0 Å². The van der Waals surface area contributed by atoms with Crippen molar-refractivity contribution in [3.63, 3.8) is 0 Å². The van der Waals surface area contributed by atoms with Crippen LogP contribution in [0.15, 0.2) is 50.7 Å². The molecule has 0 amide bonds. The first-order chi connectivity index (χ1) is 10.6. The fourth-order valence-corrected chi connectivity index (χ4v) is 3.77. The third-order valence-electron chi connectivity index (χ3n) is 2.86. The molecular weight excluding hydrogens is 326 g/mol. The maximum absolute atomic E-state index is 11.3. The molecule has 0 saturated heterocycles. The number of carboxylic acids is 1. The van der Waals surface area contributed by atoms with Gasteiger partial charge in [-0.05, 0) is 0 Å². The lowest BCUT2D eigenvalue weighted by Crippen LogP contribution is -2.21. The van der Waals surface area contributed by atoms with Crippen LogP contribution in [0.2, 0.25) is 0 Å². The molecule has 3 rings (SSSR count). The van der Waals surface area contributed by atoms with Gasteiger partial charge in [0, 0.05) is 10.9 Å². The van der Waals surface area contributed by atoms with E-state index in [4.69, 9.17) is 5.11 Å². The highest BCUT2D eigenvalue weighted by atomic mass is 32.2. The summed E-state index contributed by atoms with van der Waals surface area (Å²) in [6, 6.07) is 9.48. The lowest BCUT2D eigenvalue weighted by molar-refractivity contribution is -0.156. The molecule has 0 bridgehead atoms. The summed E-state index contributed by atoms with van der Waals surface area (Å²) in [4.78, 5) is 26.7. The molecule has 8 heteroatoms. The first kappa shape index (κ1) is 14.6. The summed E-state index contributed by atoms with van der Waals surface area (Å²) in [5.41, 5.74) is 1.67. The van der Waals surface area contributed by atoms with Crippen LogP contribution in [0.5, 0.6) is 0 Å². The van der Waals surface area contributed by atoms with Gasteiger partial charge >= 0.3 is 11.9 Å². The fraction of sp³-hybridized carbons (Fsp3) is 0.0714. The maximum Gasteiger partial charge on any atom is 0.375 e. The molecule has 1 aliphatic heterocycles. The topological polar surface area (TPSA) is 96.7 Å². The maximum atomic E-state index is 11.3. The zero-order valence-electron chi connectivity index (χ0n) is 10.9. The number of hydrogen-bond donors (Lipinski definition) is 2. The van der Waals surface area contributed by atoms with Gasteiger partial charge in [0.15, 0.2) is 4.34 Å². The zero-order chi connectivity index (χ0) is 15.7. The van der Waals surface area contributed by atoms with Gasteiger partial charge in [-0.3, -0.25) is 0 Å². The van der Waals surface area contributed by atoms with Crippen molar-refractivity contribution < 1.29 is 24.5 Å². The summed E-state index contributed by atoms with van der Waals surface area (Å²) >= 11 is 2.22. The number of esters is 1. The lowest BCUT2D eigenvalue weighted by Gasteiger charge is -2.06. The minimum absolute atomic E-state index is 0.0496. The summed E-state index contributed by atoms with van der Waals surface area (Å²) in [6.45, 7) is 0. The molecule has 6 nitrogen and oxygen atoms in total. The van der Waals surface area contributed by atoms with E-state index in [9.17, 15) is 14.7 Å². The Labute approximate surface area is 133 Å². The smallest absolute Gasteiger partial charge is 0.375 e. The van der Waals surface area contributed by atoms with Gasteiger partial charge < -0.3 is 14.9 Å². The Morgan fingerprint density at radius 1 is 1.32 bits per heavy atom. The third kappa shape index (κ3) is 2.70. The second kappa shape index (κ2) is 5.82. The summed E-state index contributed by atoms with van der Waals surface area (Å²) in [7, 11) is 0. The molecule has 1 aromatic heterocycles. The molecule has 0 aliphatic carbocycles.